The Balaban J connectivity index is 1.47. The standard InChI is InChI=1S/C22H33N4O2/c1-2-18-15-17(3-5-19(18)16-21(23)27)4-6-22(28)26-13-11-25(12-14-26)20-7-9-24-10-8-20/h3,5-6,15,20,24H,2,4,7-14,16H2,1H3,(H2,23,27). The molecule has 0 bridgehead atoms. The molecule has 3 rings (SSSR count). The van der Waals surface area contributed by atoms with Crippen LogP contribution in [0.25, 0.3) is 0 Å². The molecule has 6 heteroatoms. The summed E-state index contributed by atoms with van der Waals surface area (Å²) in [5.74, 6) is -0.183. The molecule has 2 fully saturated rings. The first-order valence-electron chi connectivity index (χ1n) is 10.5. The van der Waals surface area contributed by atoms with Gasteiger partial charge in [-0.1, -0.05) is 25.1 Å². The van der Waals surface area contributed by atoms with Crippen LogP contribution in [0.1, 0.15) is 36.5 Å². The van der Waals surface area contributed by atoms with Gasteiger partial charge in [-0.25, -0.2) is 0 Å². The van der Waals surface area contributed by atoms with Gasteiger partial charge >= 0.3 is 0 Å². The summed E-state index contributed by atoms with van der Waals surface area (Å²) in [7, 11) is 0. The van der Waals surface area contributed by atoms with Crippen molar-refractivity contribution < 1.29 is 9.59 Å². The minimum Gasteiger partial charge on any atom is -0.369 e. The molecule has 0 unspecified atom stereocenters. The van der Waals surface area contributed by atoms with E-state index >= 15 is 0 Å². The molecule has 2 saturated heterocycles. The molecular weight excluding hydrogens is 352 g/mol. The predicted molar refractivity (Wildman–Crippen MR) is 111 cm³/mol. The number of aryl methyl sites for hydroxylation is 1. The van der Waals surface area contributed by atoms with Crippen LogP contribution in [0.2, 0.25) is 0 Å². The van der Waals surface area contributed by atoms with E-state index in [0.29, 0.717) is 12.5 Å². The molecule has 0 saturated carbocycles. The van der Waals surface area contributed by atoms with E-state index in [1.807, 2.05) is 17.0 Å². The van der Waals surface area contributed by atoms with Crippen LogP contribution in [0.4, 0.5) is 0 Å². The first-order valence-corrected chi connectivity index (χ1v) is 10.5. The van der Waals surface area contributed by atoms with E-state index in [1.165, 1.54) is 12.8 Å². The van der Waals surface area contributed by atoms with E-state index in [1.54, 1.807) is 6.42 Å². The summed E-state index contributed by atoms with van der Waals surface area (Å²) in [5.41, 5.74) is 8.54. The fourth-order valence-corrected chi connectivity index (χ4v) is 4.31. The molecule has 2 amide bonds. The Kier molecular flexibility index (Phi) is 7.45. The minimum atomic E-state index is -0.312. The highest BCUT2D eigenvalue weighted by Crippen LogP contribution is 2.17. The number of nitrogens with zero attached hydrogens (tertiary/aromatic N) is 2. The zero-order valence-electron chi connectivity index (χ0n) is 17.0. The van der Waals surface area contributed by atoms with Gasteiger partial charge < -0.3 is 16.0 Å². The number of carbonyl (C=O) groups is 2. The lowest BCUT2D eigenvalue weighted by Gasteiger charge is -2.40. The van der Waals surface area contributed by atoms with Crippen LogP contribution < -0.4 is 11.1 Å². The summed E-state index contributed by atoms with van der Waals surface area (Å²) in [5, 5.41) is 3.41. The molecule has 2 heterocycles. The molecule has 1 aromatic rings. The van der Waals surface area contributed by atoms with Gasteiger partial charge in [-0.3, -0.25) is 14.5 Å². The zero-order chi connectivity index (χ0) is 19.9. The molecule has 28 heavy (non-hydrogen) atoms. The van der Waals surface area contributed by atoms with Crippen LogP contribution in [-0.2, 0) is 28.9 Å². The second-order valence-corrected chi connectivity index (χ2v) is 7.85. The Bertz CT molecular complexity index is 677. The smallest absolute Gasteiger partial charge is 0.226 e. The van der Waals surface area contributed by atoms with E-state index in [0.717, 1.165) is 62.4 Å². The molecule has 1 radical (unpaired) electrons. The highest BCUT2D eigenvalue weighted by Gasteiger charge is 2.26. The molecule has 153 valence electrons. The summed E-state index contributed by atoms with van der Waals surface area (Å²) in [6.45, 7) is 7.87. The number of piperidine rings is 1. The average Bonchev–Trinajstić information content (AvgIpc) is 2.73. The first-order chi connectivity index (χ1) is 13.6. The summed E-state index contributed by atoms with van der Waals surface area (Å²) >= 11 is 0. The summed E-state index contributed by atoms with van der Waals surface area (Å²) < 4.78 is 0. The van der Waals surface area contributed by atoms with E-state index in [-0.39, 0.29) is 18.2 Å². The van der Waals surface area contributed by atoms with Gasteiger partial charge in [0.15, 0.2) is 0 Å². The average molecular weight is 386 g/mol. The van der Waals surface area contributed by atoms with Crippen molar-refractivity contribution >= 4 is 11.8 Å². The molecular formula is C22H33N4O2. The topological polar surface area (TPSA) is 78.7 Å². The van der Waals surface area contributed by atoms with Crippen molar-refractivity contribution in [2.75, 3.05) is 39.3 Å². The normalized spacial score (nSPS) is 19.0. The number of hydrogen-bond acceptors (Lipinski definition) is 4. The summed E-state index contributed by atoms with van der Waals surface area (Å²) in [6, 6.07) is 6.73. The molecule has 2 aliphatic rings. The Hall–Kier alpha value is -1.92. The van der Waals surface area contributed by atoms with Crippen molar-refractivity contribution in [1.29, 1.82) is 0 Å². The predicted octanol–water partition coefficient (Wildman–Crippen LogP) is 0.920. The molecule has 3 N–H and O–H groups in total. The van der Waals surface area contributed by atoms with Gasteiger partial charge in [0, 0.05) is 32.2 Å². The number of rotatable bonds is 7. The van der Waals surface area contributed by atoms with Crippen molar-refractivity contribution in [1.82, 2.24) is 15.1 Å². The molecule has 0 spiro atoms. The van der Waals surface area contributed by atoms with Crippen LogP contribution in [0, 0.1) is 6.42 Å². The summed E-state index contributed by atoms with van der Waals surface area (Å²) in [6.07, 6.45) is 5.97. The third-order valence-electron chi connectivity index (χ3n) is 5.98. The van der Waals surface area contributed by atoms with Crippen molar-refractivity contribution in [2.24, 2.45) is 5.73 Å². The number of benzene rings is 1. The maximum absolute atomic E-state index is 12.6. The second kappa shape index (κ2) is 10.0. The SMILES string of the molecule is CCc1cc(C[CH]C(=O)N2CCN(C3CCNCC3)CC2)ccc1CC(N)=O. The number of nitrogens with one attached hydrogen (secondary N) is 1. The lowest BCUT2D eigenvalue weighted by atomic mass is 9.97. The zero-order valence-corrected chi connectivity index (χ0v) is 17.0. The highest BCUT2D eigenvalue weighted by atomic mass is 16.2. The van der Waals surface area contributed by atoms with Gasteiger partial charge in [-0.05, 0) is 55.5 Å². The monoisotopic (exact) mass is 385 g/mol. The van der Waals surface area contributed by atoms with Gasteiger partial charge in [-0.15, -0.1) is 0 Å². The fourth-order valence-electron chi connectivity index (χ4n) is 4.31. The number of hydrogen-bond donors (Lipinski definition) is 2. The number of amides is 2. The third kappa shape index (κ3) is 5.55. The number of piperazine rings is 1. The van der Waals surface area contributed by atoms with Crippen LogP contribution in [-0.4, -0.2) is 66.9 Å². The fraction of sp³-hybridized carbons (Fsp3) is 0.591. The molecule has 0 aliphatic carbocycles. The van der Waals surface area contributed by atoms with Gasteiger partial charge in [0.2, 0.25) is 11.8 Å². The lowest BCUT2D eigenvalue weighted by molar-refractivity contribution is -0.129. The summed E-state index contributed by atoms with van der Waals surface area (Å²) in [4.78, 5) is 28.3. The lowest BCUT2D eigenvalue weighted by Crippen LogP contribution is -2.54. The maximum atomic E-state index is 12.6. The maximum Gasteiger partial charge on any atom is 0.226 e. The molecule has 6 nitrogen and oxygen atoms in total. The van der Waals surface area contributed by atoms with Crippen molar-refractivity contribution in [3.63, 3.8) is 0 Å². The Labute approximate surface area is 168 Å². The quantitative estimate of drug-likeness (QED) is 0.732. The minimum absolute atomic E-state index is 0.129. The number of nitrogens with two attached hydrogens (primary N) is 1. The molecule has 2 aliphatic heterocycles. The van der Waals surface area contributed by atoms with Gasteiger partial charge in [0.25, 0.3) is 0 Å². The van der Waals surface area contributed by atoms with Crippen LogP contribution >= 0.6 is 0 Å². The first kappa shape index (κ1) is 20.8. The Morgan fingerprint density at radius 3 is 2.50 bits per heavy atom. The van der Waals surface area contributed by atoms with E-state index < -0.39 is 0 Å². The number of primary amides is 1. The van der Waals surface area contributed by atoms with Crippen molar-refractivity contribution in [2.45, 2.75) is 45.1 Å². The second-order valence-electron chi connectivity index (χ2n) is 7.85. The van der Waals surface area contributed by atoms with E-state index in [4.69, 9.17) is 5.73 Å². The Morgan fingerprint density at radius 2 is 1.86 bits per heavy atom. The molecule has 0 atom stereocenters. The highest BCUT2D eigenvalue weighted by molar-refractivity contribution is 5.85. The molecule has 1 aromatic carbocycles. The van der Waals surface area contributed by atoms with Gasteiger partial charge in [0.1, 0.15) is 0 Å². The molecule has 0 aromatic heterocycles. The van der Waals surface area contributed by atoms with E-state index in [9.17, 15) is 9.59 Å². The van der Waals surface area contributed by atoms with Gasteiger partial charge in [-0.2, -0.15) is 0 Å². The van der Waals surface area contributed by atoms with Crippen LogP contribution in [0.5, 0.6) is 0 Å². The largest absolute Gasteiger partial charge is 0.369 e. The van der Waals surface area contributed by atoms with Crippen LogP contribution in [0.3, 0.4) is 0 Å². The Morgan fingerprint density at radius 1 is 1.14 bits per heavy atom. The van der Waals surface area contributed by atoms with Crippen molar-refractivity contribution in [3.05, 3.63) is 41.3 Å². The number of carbonyl (C=O) groups excluding carboxylic acids is 2. The van der Waals surface area contributed by atoms with Gasteiger partial charge in [0.05, 0.1) is 12.8 Å². The van der Waals surface area contributed by atoms with Crippen molar-refractivity contribution in [3.8, 4) is 0 Å². The van der Waals surface area contributed by atoms with E-state index in [2.05, 4.69) is 23.2 Å². The van der Waals surface area contributed by atoms with Crippen LogP contribution in [0.15, 0.2) is 18.2 Å². The third-order valence-corrected chi connectivity index (χ3v) is 5.98.